The first kappa shape index (κ1) is 15.5. The molecule has 0 spiro atoms. The molecule has 5 aromatic rings. The van der Waals surface area contributed by atoms with Crippen molar-refractivity contribution in [2.75, 3.05) is 0 Å². The van der Waals surface area contributed by atoms with E-state index in [0.29, 0.717) is 17.4 Å². The van der Waals surface area contributed by atoms with E-state index >= 15 is 0 Å². The van der Waals surface area contributed by atoms with E-state index < -0.39 is 0 Å². The maximum Gasteiger partial charge on any atom is 0.258 e. The molecule has 27 heavy (non-hydrogen) atoms. The molecule has 0 aliphatic heterocycles. The van der Waals surface area contributed by atoms with Crippen LogP contribution in [0.5, 0.6) is 0 Å². The van der Waals surface area contributed by atoms with Crippen molar-refractivity contribution in [3.63, 3.8) is 0 Å². The van der Waals surface area contributed by atoms with E-state index in [4.69, 9.17) is 4.52 Å². The first-order chi connectivity index (χ1) is 13.3. The van der Waals surface area contributed by atoms with Crippen LogP contribution in [0.3, 0.4) is 0 Å². The van der Waals surface area contributed by atoms with Gasteiger partial charge >= 0.3 is 0 Å². The Bertz CT molecular complexity index is 1220. The van der Waals surface area contributed by atoms with Crippen LogP contribution >= 0.6 is 0 Å². The van der Waals surface area contributed by atoms with Crippen LogP contribution in [0.2, 0.25) is 0 Å². The second-order valence-electron chi connectivity index (χ2n) is 6.33. The van der Waals surface area contributed by atoms with Crippen molar-refractivity contribution in [2.45, 2.75) is 6.92 Å². The molecule has 6 nitrogen and oxygen atoms in total. The van der Waals surface area contributed by atoms with Gasteiger partial charge in [-0.3, -0.25) is 0 Å². The third-order valence-electron chi connectivity index (χ3n) is 4.42. The van der Waals surface area contributed by atoms with E-state index in [2.05, 4.69) is 33.1 Å². The van der Waals surface area contributed by atoms with Gasteiger partial charge in [0.05, 0.1) is 11.8 Å². The number of hydrogen-bond acceptors (Lipinski definition) is 5. The maximum atomic E-state index is 5.45. The van der Waals surface area contributed by atoms with Crippen molar-refractivity contribution in [3.8, 4) is 28.7 Å². The third-order valence-corrected chi connectivity index (χ3v) is 4.42. The Kier molecular flexibility index (Phi) is 3.53. The molecular formula is C21H15N5O. The summed E-state index contributed by atoms with van der Waals surface area (Å²) in [6, 6.07) is 18.0. The predicted octanol–water partition coefficient (Wildman–Crippen LogP) is 4.45. The molecule has 0 saturated heterocycles. The highest BCUT2D eigenvalue weighted by atomic mass is 16.5. The Labute approximate surface area is 155 Å². The molecule has 6 heteroatoms. The number of aromatic nitrogens is 5. The van der Waals surface area contributed by atoms with E-state index in [9.17, 15) is 0 Å². The summed E-state index contributed by atoms with van der Waals surface area (Å²) in [6.45, 7) is 2.07. The van der Waals surface area contributed by atoms with Crippen LogP contribution in [0.4, 0.5) is 0 Å². The average Bonchev–Trinajstić information content (AvgIpc) is 3.40. The highest BCUT2D eigenvalue weighted by Crippen LogP contribution is 2.24. The predicted molar refractivity (Wildman–Crippen MR) is 102 cm³/mol. The second-order valence-corrected chi connectivity index (χ2v) is 6.33. The molecule has 5 rings (SSSR count). The average molecular weight is 353 g/mol. The van der Waals surface area contributed by atoms with Crippen molar-refractivity contribution < 1.29 is 4.52 Å². The maximum absolute atomic E-state index is 5.45. The Balaban J connectivity index is 1.46. The van der Waals surface area contributed by atoms with Crippen molar-refractivity contribution in [1.29, 1.82) is 0 Å². The van der Waals surface area contributed by atoms with Gasteiger partial charge < -0.3 is 9.09 Å². The molecule has 0 saturated carbocycles. The van der Waals surface area contributed by atoms with Crippen molar-refractivity contribution >= 4 is 10.9 Å². The zero-order valence-electron chi connectivity index (χ0n) is 14.6. The third kappa shape index (κ3) is 2.87. The highest BCUT2D eigenvalue weighted by Gasteiger charge is 2.12. The largest absolute Gasteiger partial charge is 0.334 e. The number of aryl methyl sites for hydroxylation is 1. The highest BCUT2D eigenvalue weighted by molar-refractivity contribution is 5.81. The van der Waals surface area contributed by atoms with Crippen LogP contribution in [-0.4, -0.2) is 24.7 Å². The zero-order chi connectivity index (χ0) is 18.2. The molecule has 130 valence electrons. The summed E-state index contributed by atoms with van der Waals surface area (Å²) in [6.07, 6.45) is 5.40. The van der Waals surface area contributed by atoms with Crippen molar-refractivity contribution in [2.24, 2.45) is 0 Å². The monoisotopic (exact) mass is 353 g/mol. The summed E-state index contributed by atoms with van der Waals surface area (Å²) in [7, 11) is 0. The first-order valence-electron chi connectivity index (χ1n) is 8.56. The molecular weight excluding hydrogens is 338 g/mol. The second kappa shape index (κ2) is 6.17. The quantitative estimate of drug-likeness (QED) is 0.479. The fourth-order valence-corrected chi connectivity index (χ4v) is 3.00. The van der Waals surface area contributed by atoms with Crippen LogP contribution in [0.1, 0.15) is 5.56 Å². The summed E-state index contributed by atoms with van der Waals surface area (Å²) in [5, 5.41) is 5.19. The number of benzene rings is 2. The van der Waals surface area contributed by atoms with Gasteiger partial charge in [-0.25, -0.2) is 9.97 Å². The summed E-state index contributed by atoms with van der Waals surface area (Å²) in [4.78, 5) is 13.2. The first-order valence-corrected chi connectivity index (χ1v) is 8.56. The van der Waals surface area contributed by atoms with Crippen LogP contribution in [0.15, 0.2) is 77.8 Å². The molecule has 3 heterocycles. The number of imidazole rings is 1. The molecule has 0 aliphatic carbocycles. The van der Waals surface area contributed by atoms with Crippen LogP contribution in [-0.2, 0) is 0 Å². The zero-order valence-corrected chi connectivity index (χ0v) is 14.6. The Hall–Kier alpha value is -3.80. The van der Waals surface area contributed by atoms with Gasteiger partial charge in [0.15, 0.2) is 0 Å². The molecule has 0 amide bonds. The van der Waals surface area contributed by atoms with E-state index in [1.54, 1.807) is 12.5 Å². The molecule has 0 atom stereocenters. The van der Waals surface area contributed by atoms with E-state index in [0.717, 1.165) is 22.2 Å². The molecule has 0 fully saturated rings. The molecule has 0 unspecified atom stereocenters. The van der Waals surface area contributed by atoms with E-state index in [1.807, 2.05) is 59.3 Å². The number of rotatable bonds is 3. The number of pyridine rings is 1. The van der Waals surface area contributed by atoms with Gasteiger partial charge in [-0.05, 0) is 49.4 Å². The topological polar surface area (TPSA) is 69.6 Å². The van der Waals surface area contributed by atoms with Gasteiger partial charge in [0, 0.05) is 29.0 Å². The van der Waals surface area contributed by atoms with Crippen molar-refractivity contribution in [3.05, 3.63) is 78.9 Å². The van der Waals surface area contributed by atoms with Crippen LogP contribution in [0, 0.1) is 6.92 Å². The van der Waals surface area contributed by atoms with Gasteiger partial charge in [0.25, 0.3) is 5.89 Å². The van der Waals surface area contributed by atoms with E-state index in [1.165, 1.54) is 5.56 Å². The lowest BCUT2D eigenvalue weighted by molar-refractivity contribution is 0.432. The smallest absolute Gasteiger partial charge is 0.258 e. The number of hydrogen-bond donors (Lipinski definition) is 0. The molecule has 3 aromatic heterocycles. The Morgan fingerprint density at radius 3 is 2.63 bits per heavy atom. The molecule has 0 aliphatic rings. The van der Waals surface area contributed by atoms with E-state index in [-0.39, 0.29) is 0 Å². The molecule has 0 bridgehead atoms. The van der Waals surface area contributed by atoms with Crippen molar-refractivity contribution in [1.82, 2.24) is 24.7 Å². The van der Waals surface area contributed by atoms with Gasteiger partial charge in [-0.1, -0.05) is 22.9 Å². The number of nitrogens with zero attached hydrogens (tertiary/aromatic N) is 5. The Morgan fingerprint density at radius 1 is 0.926 bits per heavy atom. The minimum atomic E-state index is 0.466. The summed E-state index contributed by atoms with van der Waals surface area (Å²) in [5.41, 5.74) is 4.68. The van der Waals surface area contributed by atoms with Gasteiger partial charge in [0.1, 0.15) is 5.69 Å². The fraction of sp³-hybridized carbons (Fsp3) is 0.0476. The molecule has 2 aromatic carbocycles. The summed E-state index contributed by atoms with van der Waals surface area (Å²) >= 11 is 0. The fourth-order valence-electron chi connectivity index (χ4n) is 3.00. The molecule has 0 N–H and O–H groups in total. The van der Waals surface area contributed by atoms with Gasteiger partial charge in [0.2, 0.25) is 5.82 Å². The van der Waals surface area contributed by atoms with Crippen LogP contribution < -0.4 is 0 Å². The standard InChI is InChI=1S/C21H15N5O/c1-14-2-8-18-16(12-14)5-9-19(23-18)20-24-21(27-25-20)15-3-6-17(7-4-15)26-11-10-22-13-26/h2-13H,1H3. The SMILES string of the molecule is Cc1ccc2nc(-c3noc(-c4ccc(-n5ccnc5)cc4)n3)ccc2c1. The Morgan fingerprint density at radius 2 is 1.81 bits per heavy atom. The normalized spacial score (nSPS) is 11.1. The lowest BCUT2D eigenvalue weighted by Gasteiger charge is -2.02. The van der Waals surface area contributed by atoms with Crippen LogP contribution in [0.25, 0.3) is 39.6 Å². The minimum Gasteiger partial charge on any atom is -0.334 e. The number of fused-ring (bicyclic) bond motifs is 1. The van der Waals surface area contributed by atoms with Gasteiger partial charge in [-0.15, -0.1) is 0 Å². The lowest BCUT2D eigenvalue weighted by Crippen LogP contribution is -1.89. The minimum absolute atomic E-state index is 0.466. The lowest BCUT2D eigenvalue weighted by atomic mass is 10.1. The summed E-state index contributed by atoms with van der Waals surface area (Å²) in [5.74, 6) is 0.944. The molecule has 0 radical (unpaired) electrons. The summed E-state index contributed by atoms with van der Waals surface area (Å²) < 4.78 is 7.38. The van der Waals surface area contributed by atoms with Gasteiger partial charge in [-0.2, -0.15) is 4.98 Å².